The van der Waals surface area contributed by atoms with Crippen molar-refractivity contribution in [3.05, 3.63) is 34.4 Å². The molecular weight excluding hydrogens is 223 g/mol. The van der Waals surface area contributed by atoms with Crippen molar-refractivity contribution in [1.29, 1.82) is 0 Å². The number of H-pyrrole nitrogens is 1. The zero-order valence-electron chi connectivity index (χ0n) is 9.70. The molecule has 0 bridgehead atoms. The van der Waals surface area contributed by atoms with Crippen LogP contribution in [0, 0.1) is 12.7 Å². The molecule has 0 spiro atoms. The van der Waals surface area contributed by atoms with E-state index in [0.29, 0.717) is 11.5 Å². The van der Waals surface area contributed by atoms with Gasteiger partial charge in [0.1, 0.15) is 5.69 Å². The molecule has 5 nitrogen and oxygen atoms in total. The summed E-state index contributed by atoms with van der Waals surface area (Å²) in [6.07, 6.45) is 4.20. The fourth-order valence-electron chi connectivity index (χ4n) is 1.63. The van der Waals surface area contributed by atoms with E-state index in [9.17, 15) is 9.18 Å². The molecular formula is C11H13FN4O. The van der Waals surface area contributed by atoms with Gasteiger partial charge in [0.15, 0.2) is 5.82 Å². The van der Waals surface area contributed by atoms with Gasteiger partial charge in [-0.1, -0.05) is 6.92 Å². The fraction of sp³-hybridized carbons (Fsp3) is 0.364. The van der Waals surface area contributed by atoms with Gasteiger partial charge in [-0.2, -0.15) is 4.39 Å². The molecule has 0 aliphatic carbocycles. The zero-order valence-corrected chi connectivity index (χ0v) is 9.70. The van der Waals surface area contributed by atoms with Crippen LogP contribution in [0.1, 0.15) is 19.0 Å². The van der Waals surface area contributed by atoms with Gasteiger partial charge in [0.05, 0.1) is 18.2 Å². The third-order valence-corrected chi connectivity index (χ3v) is 2.45. The number of imidazole rings is 1. The Hall–Kier alpha value is -1.98. The average molecular weight is 236 g/mol. The van der Waals surface area contributed by atoms with E-state index in [1.165, 1.54) is 6.92 Å². The molecule has 0 aromatic carbocycles. The standard InChI is InChI=1S/C11H13FN4O/c1-3-4-16-6-13-5-8(16)10-14-7(2)9(12)11(17)15-10/h5-6H,3-4H2,1-2H3,(H,14,15,17). The molecule has 2 aromatic rings. The molecule has 0 amide bonds. The van der Waals surface area contributed by atoms with Crippen LogP contribution in [0.3, 0.4) is 0 Å². The van der Waals surface area contributed by atoms with Gasteiger partial charge in [-0.05, 0) is 13.3 Å². The summed E-state index contributed by atoms with van der Waals surface area (Å²) < 4.78 is 15.0. The largest absolute Gasteiger partial charge is 0.328 e. The molecule has 1 N–H and O–H groups in total. The SMILES string of the molecule is CCCn1cncc1-c1nc(C)c(F)c(=O)[nH]1. The quantitative estimate of drug-likeness (QED) is 0.878. The van der Waals surface area contributed by atoms with Crippen molar-refractivity contribution in [2.45, 2.75) is 26.8 Å². The van der Waals surface area contributed by atoms with Crippen molar-refractivity contribution in [3.8, 4) is 11.5 Å². The molecule has 0 fully saturated rings. The van der Waals surface area contributed by atoms with E-state index in [2.05, 4.69) is 15.0 Å². The number of aryl methyl sites for hydroxylation is 2. The highest BCUT2D eigenvalue weighted by Gasteiger charge is 2.11. The van der Waals surface area contributed by atoms with Crippen molar-refractivity contribution in [1.82, 2.24) is 19.5 Å². The topological polar surface area (TPSA) is 63.6 Å². The number of rotatable bonds is 3. The fourth-order valence-corrected chi connectivity index (χ4v) is 1.63. The van der Waals surface area contributed by atoms with E-state index in [1.54, 1.807) is 12.5 Å². The van der Waals surface area contributed by atoms with Crippen LogP contribution in [0.5, 0.6) is 0 Å². The summed E-state index contributed by atoms with van der Waals surface area (Å²) in [6, 6.07) is 0. The second kappa shape index (κ2) is 4.48. The van der Waals surface area contributed by atoms with Crippen LogP contribution in [0.2, 0.25) is 0 Å². The Balaban J connectivity index is 2.53. The van der Waals surface area contributed by atoms with E-state index in [4.69, 9.17) is 0 Å². The number of halogens is 1. The third-order valence-electron chi connectivity index (χ3n) is 2.45. The summed E-state index contributed by atoms with van der Waals surface area (Å²) in [4.78, 5) is 21.8. The van der Waals surface area contributed by atoms with Gasteiger partial charge in [-0.3, -0.25) is 4.79 Å². The molecule has 0 saturated carbocycles. The Morgan fingerprint density at radius 3 is 2.94 bits per heavy atom. The first kappa shape index (κ1) is 11.5. The number of nitrogens with zero attached hydrogens (tertiary/aromatic N) is 3. The molecule has 0 aliphatic heterocycles. The number of hydrogen-bond donors (Lipinski definition) is 1. The number of aromatic amines is 1. The molecule has 6 heteroatoms. The Bertz CT molecular complexity index is 587. The van der Waals surface area contributed by atoms with Crippen LogP contribution < -0.4 is 5.56 Å². The van der Waals surface area contributed by atoms with Crippen molar-refractivity contribution in [3.63, 3.8) is 0 Å². The molecule has 2 heterocycles. The minimum Gasteiger partial charge on any atom is -0.328 e. The van der Waals surface area contributed by atoms with E-state index >= 15 is 0 Å². The van der Waals surface area contributed by atoms with Crippen LogP contribution >= 0.6 is 0 Å². The van der Waals surface area contributed by atoms with Gasteiger partial charge >= 0.3 is 0 Å². The Morgan fingerprint density at radius 2 is 2.29 bits per heavy atom. The van der Waals surface area contributed by atoms with Crippen molar-refractivity contribution in [2.24, 2.45) is 0 Å². The van der Waals surface area contributed by atoms with Crippen LogP contribution in [0.15, 0.2) is 17.3 Å². The molecule has 0 atom stereocenters. The Kier molecular flexibility index (Phi) is 3.03. The maximum atomic E-state index is 13.2. The second-order valence-corrected chi connectivity index (χ2v) is 3.79. The molecule has 0 radical (unpaired) electrons. The first-order valence-corrected chi connectivity index (χ1v) is 5.40. The molecule has 90 valence electrons. The lowest BCUT2D eigenvalue weighted by atomic mass is 10.3. The summed E-state index contributed by atoms with van der Waals surface area (Å²) in [5.74, 6) is -0.491. The van der Waals surface area contributed by atoms with Gasteiger partial charge in [0.2, 0.25) is 5.82 Å². The molecule has 2 aromatic heterocycles. The van der Waals surface area contributed by atoms with Gasteiger partial charge in [0, 0.05) is 6.54 Å². The number of aromatic nitrogens is 4. The van der Waals surface area contributed by atoms with E-state index in [-0.39, 0.29) is 5.69 Å². The molecule has 0 aliphatic rings. The summed E-state index contributed by atoms with van der Waals surface area (Å²) in [5.41, 5.74) is 0.0248. The van der Waals surface area contributed by atoms with Crippen molar-refractivity contribution < 1.29 is 4.39 Å². The zero-order chi connectivity index (χ0) is 12.4. The highest BCUT2D eigenvalue weighted by molar-refractivity contribution is 5.48. The van der Waals surface area contributed by atoms with Crippen molar-refractivity contribution in [2.75, 3.05) is 0 Å². The van der Waals surface area contributed by atoms with E-state index in [0.717, 1.165) is 13.0 Å². The molecule has 0 saturated heterocycles. The Labute approximate surface area is 97.4 Å². The van der Waals surface area contributed by atoms with Gasteiger partial charge in [0.25, 0.3) is 5.56 Å². The van der Waals surface area contributed by atoms with Crippen LogP contribution in [0.4, 0.5) is 4.39 Å². The minimum atomic E-state index is -0.838. The highest BCUT2D eigenvalue weighted by Crippen LogP contribution is 2.14. The minimum absolute atomic E-state index is 0.0907. The summed E-state index contributed by atoms with van der Waals surface area (Å²) in [5, 5.41) is 0. The second-order valence-electron chi connectivity index (χ2n) is 3.79. The van der Waals surface area contributed by atoms with Crippen LogP contribution in [-0.4, -0.2) is 19.5 Å². The van der Waals surface area contributed by atoms with Gasteiger partial charge in [-0.15, -0.1) is 0 Å². The maximum absolute atomic E-state index is 13.2. The summed E-state index contributed by atoms with van der Waals surface area (Å²) in [6.45, 7) is 4.28. The summed E-state index contributed by atoms with van der Waals surface area (Å²) in [7, 11) is 0. The lowest BCUT2D eigenvalue weighted by molar-refractivity contribution is 0.588. The first-order valence-electron chi connectivity index (χ1n) is 5.40. The molecule has 0 unspecified atom stereocenters. The van der Waals surface area contributed by atoms with E-state index in [1.807, 2.05) is 11.5 Å². The maximum Gasteiger partial charge on any atom is 0.287 e. The Morgan fingerprint density at radius 1 is 1.53 bits per heavy atom. The lowest BCUT2D eigenvalue weighted by Gasteiger charge is -2.06. The highest BCUT2D eigenvalue weighted by atomic mass is 19.1. The van der Waals surface area contributed by atoms with Gasteiger partial charge in [-0.25, -0.2) is 9.97 Å². The predicted molar refractivity (Wildman–Crippen MR) is 61.1 cm³/mol. The number of hydrogen-bond acceptors (Lipinski definition) is 3. The molecule has 17 heavy (non-hydrogen) atoms. The first-order chi connectivity index (χ1) is 8.13. The predicted octanol–water partition coefficient (Wildman–Crippen LogP) is 1.49. The third kappa shape index (κ3) is 2.11. The molecule has 2 rings (SSSR count). The van der Waals surface area contributed by atoms with E-state index < -0.39 is 11.4 Å². The number of nitrogens with one attached hydrogen (secondary N) is 1. The summed E-state index contributed by atoms with van der Waals surface area (Å²) >= 11 is 0. The lowest BCUT2D eigenvalue weighted by Crippen LogP contribution is -2.16. The normalized spacial score (nSPS) is 10.8. The van der Waals surface area contributed by atoms with Crippen molar-refractivity contribution >= 4 is 0 Å². The smallest absolute Gasteiger partial charge is 0.287 e. The van der Waals surface area contributed by atoms with Crippen LogP contribution in [-0.2, 0) is 6.54 Å². The average Bonchev–Trinajstić information content (AvgIpc) is 2.74. The monoisotopic (exact) mass is 236 g/mol. The van der Waals surface area contributed by atoms with Gasteiger partial charge < -0.3 is 9.55 Å². The van der Waals surface area contributed by atoms with Crippen LogP contribution in [0.25, 0.3) is 11.5 Å².